The van der Waals surface area contributed by atoms with E-state index in [9.17, 15) is 0 Å². The molecule has 0 spiro atoms. The van der Waals surface area contributed by atoms with Crippen molar-refractivity contribution in [1.29, 1.82) is 0 Å². The van der Waals surface area contributed by atoms with Crippen LogP contribution in [0.4, 0.5) is 0 Å². The van der Waals surface area contributed by atoms with Crippen LogP contribution in [0.25, 0.3) is 0 Å². The second-order valence-electron chi connectivity index (χ2n) is 7.35. The van der Waals surface area contributed by atoms with Gasteiger partial charge >= 0.3 is 0 Å². The molecular formula is C18H32OSi. The molecule has 2 heteroatoms. The highest BCUT2D eigenvalue weighted by Gasteiger charge is 2.48. The molecule has 0 saturated carbocycles. The van der Waals surface area contributed by atoms with Gasteiger partial charge in [0, 0.05) is 11.8 Å². The summed E-state index contributed by atoms with van der Waals surface area (Å²) in [4.78, 5) is 0. The SMILES string of the molecule is C#CCC(C)(C)C(C#C)O[Si](C(C)C)(C(C)C)C(C)C. The van der Waals surface area contributed by atoms with Crippen LogP contribution in [0.5, 0.6) is 0 Å². The van der Waals surface area contributed by atoms with E-state index in [0.717, 1.165) is 0 Å². The first kappa shape index (κ1) is 19.3. The van der Waals surface area contributed by atoms with Crippen LogP contribution in [-0.2, 0) is 4.43 Å². The third-order valence-corrected chi connectivity index (χ3v) is 10.5. The molecule has 0 amide bonds. The Morgan fingerprint density at radius 2 is 1.35 bits per heavy atom. The Kier molecular flexibility index (Phi) is 7.09. The lowest BCUT2D eigenvalue weighted by molar-refractivity contribution is 0.106. The van der Waals surface area contributed by atoms with Crippen molar-refractivity contribution in [2.45, 2.75) is 84.5 Å². The van der Waals surface area contributed by atoms with Crippen molar-refractivity contribution in [1.82, 2.24) is 0 Å². The summed E-state index contributed by atoms with van der Waals surface area (Å²) < 4.78 is 6.70. The molecule has 0 fully saturated rings. The Hall–Kier alpha value is -0.703. The van der Waals surface area contributed by atoms with Gasteiger partial charge in [0.05, 0.1) is 0 Å². The van der Waals surface area contributed by atoms with Crippen LogP contribution < -0.4 is 0 Å². The summed E-state index contributed by atoms with van der Waals surface area (Å²) in [6.07, 6.45) is 11.7. The molecule has 0 bridgehead atoms. The molecule has 0 aliphatic rings. The first-order valence-electron chi connectivity index (χ1n) is 7.63. The van der Waals surface area contributed by atoms with Crippen LogP contribution in [0.2, 0.25) is 16.6 Å². The molecule has 0 aliphatic carbocycles. The minimum Gasteiger partial charge on any atom is -0.402 e. The topological polar surface area (TPSA) is 9.23 Å². The molecule has 20 heavy (non-hydrogen) atoms. The van der Waals surface area contributed by atoms with Gasteiger partial charge in [-0.1, -0.05) is 61.3 Å². The maximum atomic E-state index is 6.70. The maximum Gasteiger partial charge on any atom is 0.202 e. The van der Waals surface area contributed by atoms with Gasteiger partial charge in [0.1, 0.15) is 6.10 Å². The van der Waals surface area contributed by atoms with Crippen LogP contribution in [0.1, 0.15) is 61.8 Å². The van der Waals surface area contributed by atoms with Crippen molar-refractivity contribution in [2.75, 3.05) is 0 Å². The molecule has 0 aromatic rings. The molecule has 0 radical (unpaired) electrons. The highest BCUT2D eigenvalue weighted by molar-refractivity contribution is 6.77. The Bertz CT molecular complexity index is 357. The third kappa shape index (κ3) is 3.91. The van der Waals surface area contributed by atoms with Crippen LogP contribution in [0.3, 0.4) is 0 Å². The van der Waals surface area contributed by atoms with Crippen molar-refractivity contribution in [3.05, 3.63) is 0 Å². The lowest BCUT2D eigenvalue weighted by Crippen LogP contribution is -2.52. The summed E-state index contributed by atoms with van der Waals surface area (Å²) in [6, 6.07) is 0. The fraction of sp³-hybridized carbons (Fsp3) is 0.778. The van der Waals surface area contributed by atoms with Gasteiger partial charge in [-0.05, 0) is 16.6 Å². The summed E-state index contributed by atoms with van der Waals surface area (Å²) in [6.45, 7) is 17.8. The number of hydrogen-bond acceptors (Lipinski definition) is 1. The third-order valence-electron chi connectivity index (χ3n) is 4.45. The molecule has 0 aromatic carbocycles. The Morgan fingerprint density at radius 1 is 0.950 bits per heavy atom. The zero-order chi connectivity index (χ0) is 16.1. The number of terminal acetylenes is 2. The summed E-state index contributed by atoms with van der Waals surface area (Å²) in [7, 11) is -1.96. The van der Waals surface area contributed by atoms with Crippen LogP contribution in [-0.4, -0.2) is 14.4 Å². The molecule has 0 aromatic heterocycles. The fourth-order valence-corrected chi connectivity index (χ4v) is 9.00. The summed E-state index contributed by atoms with van der Waals surface area (Å²) >= 11 is 0. The molecule has 1 atom stereocenters. The van der Waals surface area contributed by atoms with Gasteiger partial charge in [0.15, 0.2) is 0 Å². The molecule has 114 valence electrons. The Balaban J connectivity index is 5.57. The van der Waals surface area contributed by atoms with Crippen molar-refractivity contribution in [3.63, 3.8) is 0 Å². The Morgan fingerprint density at radius 3 is 1.60 bits per heavy atom. The van der Waals surface area contributed by atoms with Gasteiger partial charge in [-0.3, -0.25) is 0 Å². The zero-order valence-corrected chi connectivity index (χ0v) is 15.6. The lowest BCUT2D eigenvalue weighted by atomic mass is 9.84. The molecule has 0 rings (SSSR count). The van der Waals surface area contributed by atoms with Crippen molar-refractivity contribution < 1.29 is 4.43 Å². The zero-order valence-electron chi connectivity index (χ0n) is 14.6. The molecule has 1 nitrogen and oxygen atoms in total. The molecule has 1 unspecified atom stereocenters. The minimum atomic E-state index is -1.96. The standard InChI is InChI=1S/C18H32OSi/c1-11-13-18(9,10)17(12-2)19-20(14(3)4,15(5)6)16(7)8/h1-2,14-17H,13H2,3-10H3. The van der Waals surface area contributed by atoms with Gasteiger partial charge < -0.3 is 4.43 Å². The van der Waals surface area contributed by atoms with E-state index in [1.807, 2.05) is 0 Å². The lowest BCUT2D eigenvalue weighted by Gasteiger charge is -2.46. The van der Waals surface area contributed by atoms with Crippen molar-refractivity contribution in [3.8, 4) is 24.7 Å². The molecule has 0 saturated heterocycles. The predicted molar refractivity (Wildman–Crippen MR) is 92.0 cm³/mol. The van der Waals surface area contributed by atoms with E-state index in [0.29, 0.717) is 23.0 Å². The maximum absolute atomic E-state index is 6.70. The van der Waals surface area contributed by atoms with Gasteiger partial charge in [-0.15, -0.1) is 18.8 Å². The van der Waals surface area contributed by atoms with Crippen molar-refractivity contribution >= 4 is 8.32 Å². The van der Waals surface area contributed by atoms with Crippen molar-refractivity contribution in [2.24, 2.45) is 5.41 Å². The minimum absolute atomic E-state index is 0.180. The van der Waals surface area contributed by atoms with E-state index >= 15 is 0 Å². The van der Waals surface area contributed by atoms with E-state index in [1.165, 1.54) is 0 Å². The van der Waals surface area contributed by atoms with Crippen LogP contribution in [0, 0.1) is 30.1 Å². The number of rotatable bonds is 7. The Labute approximate surface area is 128 Å². The first-order chi connectivity index (χ1) is 9.06. The molecule has 0 heterocycles. The van der Waals surface area contributed by atoms with E-state index in [2.05, 4.69) is 67.2 Å². The van der Waals surface area contributed by atoms with E-state index < -0.39 is 8.32 Å². The quantitative estimate of drug-likeness (QED) is 0.461. The van der Waals surface area contributed by atoms with Gasteiger partial charge in [-0.25, -0.2) is 0 Å². The average Bonchev–Trinajstić information content (AvgIpc) is 2.28. The smallest absolute Gasteiger partial charge is 0.202 e. The van der Waals surface area contributed by atoms with Gasteiger partial charge in [0.2, 0.25) is 8.32 Å². The number of hydrogen-bond donors (Lipinski definition) is 0. The average molecular weight is 293 g/mol. The largest absolute Gasteiger partial charge is 0.402 e. The molecule has 0 aliphatic heterocycles. The van der Waals surface area contributed by atoms with Crippen LogP contribution >= 0.6 is 0 Å². The highest BCUT2D eigenvalue weighted by Crippen LogP contribution is 2.45. The summed E-state index contributed by atoms with van der Waals surface area (Å²) in [5, 5.41) is 0. The van der Waals surface area contributed by atoms with Gasteiger partial charge in [-0.2, -0.15) is 0 Å². The predicted octanol–water partition coefficient (Wildman–Crippen LogP) is 5.23. The molecular weight excluding hydrogens is 260 g/mol. The normalized spacial score (nSPS) is 14.4. The van der Waals surface area contributed by atoms with Gasteiger partial charge in [0.25, 0.3) is 0 Å². The first-order valence-corrected chi connectivity index (χ1v) is 9.77. The van der Waals surface area contributed by atoms with E-state index in [-0.39, 0.29) is 11.5 Å². The molecule has 0 N–H and O–H groups in total. The second-order valence-corrected chi connectivity index (χ2v) is 12.8. The summed E-state index contributed by atoms with van der Waals surface area (Å²) in [5.41, 5.74) is 1.40. The fourth-order valence-electron chi connectivity index (χ4n) is 3.39. The van der Waals surface area contributed by atoms with E-state index in [1.54, 1.807) is 0 Å². The van der Waals surface area contributed by atoms with Crippen LogP contribution in [0.15, 0.2) is 0 Å². The van der Waals surface area contributed by atoms with E-state index in [4.69, 9.17) is 17.3 Å². The summed E-state index contributed by atoms with van der Waals surface area (Å²) in [5.74, 6) is 5.60. The highest BCUT2D eigenvalue weighted by atomic mass is 28.4. The monoisotopic (exact) mass is 292 g/mol. The second kappa shape index (κ2) is 7.35.